The molecular formula is C10H19N5. The van der Waals surface area contributed by atoms with Crippen molar-refractivity contribution in [3.05, 3.63) is 5.82 Å². The number of nitrogens with zero attached hydrogens (tertiary/aromatic N) is 4. The first-order valence-electron chi connectivity index (χ1n) is 5.74. The molecule has 0 bridgehead atoms. The number of nitrogens with one attached hydrogen (secondary N) is 1. The molecule has 2 heterocycles. The van der Waals surface area contributed by atoms with Crippen molar-refractivity contribution in [2.45, 2.75) is 39.2 Å². The van der Waals surface area contributed by atoms with Gasteiger partial charge in [0.1, 0.15) is 0 Å². The zero-order valence-electron chi connectivity index (χ0n) is 9.48. The average Bonchev–Trinajstić information content (AvgIpc) is 2.67. The second-order valence-electron chi connectivity index (χ2n) is 4.64. The van der Waals surface area contributed by atoms with Crippen LogP contribution in [0.25, 0.3) is 0 Å². The lowest BCUT2D eigenvalue weighted by Crippen LogP contribution is -2.29. The lowest BCUT2D eigenvalue weighted by Gasteiger charge is -2.19. The van der Waals surface area contributed by atoms with Crippen LogP contribution >= 0.6 is 0 Å². The molecule has 0 aliphatic carbocycles. The second-order valence-corrected chi connectivity index (χ2v) is 4.64. The van der Waals surface area contributed by atoms with Gasteiger partial charge in [-0.05, 0) is 30.5 Å². The Kier molecular flexibility index (Phi) is 3.30. The van der Waals surface area contributed by atoms with Gasteiger partial charge in [-0.3, -0.25) is 0 Å². The maximum atomic E-state index is 4.43. The summed E-state index contributed by atoms with van der Waals surface area (Å²) in [4.78, 5) is 1.72. The van der Waals surface area contributed by atoms with E-state index in [2.05, 4.69) is 34.6 Å². The van der Waals surface area contributed by atoms with Gasteiger partial charge < -0.3 is 5.32 Å². The Morgan fingerprint density at radius 1 is 1.53 bits per heavy atom. The average molecular weight is 209 g/mol. The van der Waals surface area contributed by atoms with E-state index < -0.39 is 0 Å². The molecule has 5 heteroatoms. The zero-order valence-corrected chi connectivity index (χ0v) is 9.48. The molecule has 1 aliphatic rings. The van der Waals surface area contributed by atoms with E-state index in [1.165, 1.54) is 12.8 Å². The van der Waals surface area contributed by atoms with Crippen molar-refractivity contribution in [3.8, 4) is 0 Å². The molecule has 1 saturated heterocycles. The smallest absolute Gasteiger partial charge is 0.179 e. The molecule has 1 aliphatic heterocycles. The molecule has 5 nitrogen and oxygen atoms in total. The minimum Gasteiger partial charge on any atom is -0.316 e. The van der Waals surface area contributed by atoms with Crippen LogP contribution in [0.5, 0.6) is 0 Å². The lowest BCUT2D eigenvalue weighted by atomic mass is 9.99. The zero-order chi connectivity index (χ0) is 10.7. The lowest BCUT2D eigenvalue weighted by molar-refractivity contribution is 0.419. The van der Waals surface area contributed by atoms with Crippen LogP contribution in [-0.2, 0) is 6.54 Å². The van der Waals surface area contributed by atoms with Crippen LogP contribution in [0.1, 0.15) is 38.4 Å². The van der Waals surface area contributed by atoms with Gasteiger partial charge in [0, 0.05) is 12.5 Å². The van der Waals surface area contributed by atoms with Gasteiger partial charge in [-0.15, -0.1) is 10.2 Å². The van der Waals surface area contributed by atoms with Gasteiger partial charge in [0.25, 0.3) is 0 Å². The van der Waals surface area contributed by atoms with Gasteiger partial charge in [-0.2, -0.15) is 4.80 Å². The molecule has 1 aromatic rings. The summed E-state index contributed by atoms with van der Waals surface area (Å²) in [5, 5.41) is 16.0. The molecule has 1 atom stereocenters. The monoisotopic (exact) mass is 209 g/mol. The molecule has 84 valence electrons. The molecule has 0 aromatic carbocycles. The van der Waals surface area contributed by atoms with Gasteiger partial charge >= 0.3 is 0 Å². The summed E-state index contributed by atoms with van der Waals surface area (Å²) < 4.78 is 0. The summed E-state index contributed by atoms with van der Waals surface area (Å²) in [6.45, 7) is 7.29. The number of piperidine rings is 1. The van der Waals surface area contributed by atoms with Crippen molar-refractivity contribution in [2.75, 3.05) is 13.1 Å². The molecule has 0 spiro atoms. The first-order chi connectivity index (χ1) is 7.25. The maximum Gasteiger partial charge on any atom is 0.179 e. The predicted molar refractivity (Wildman–Crippen MR) is 57.5 cm³/mol. The molecule has 1 aromatic heterocycles. The van der Waals surface area contributed by atoms with Crippen molar-refractivity contribution in [1.29, 1.82) is 0 Å². The molecular weight excluding hydrogens is 190 g/mol. The molecule has 0 amide bonds. The van der Waals surface area contributed by atoms with Crippen molar-refractivity contribution in [1.82, 2.24) is 25.5 Å². The van der Waals surface area contributed by atoms with Gasteiger partial charge in [0.15, 0.2) is 5.82 Å². The molecule has 2 rings (SSSR count). The minimum atomic E-state index is 0.458. The summed E-state index contributed by atoms with van der Waals surface area (Å²) >= 11 is 0. The van der Waals surface area contributed by atoms with Crippen LogP contribution in [-0.4, -0.2) is 33.3 Å². The highest BCUT2D eigenvalue weighted by atomic mass is 15.6. The fourth-order valence-corrected chi connectivity index (χ4v) is 1.90. The SMILES string of the molecule is CC(C)Cn1nnc(C2CCCNC2)n1. The van der Waals surface area contributed by atoms with Crippen LogP contribution in [0.3, 0.4) is 0 Å². The highest BCUT2D eigenvalue weighted by molar-refractivity contribution is 4.94. The molecule has 1 fully saturated rings. The molecule has 15 heavy (non-hydrogen) atoms. The van der Waals surface area contributed by atoms with Crippen LogP contribution in [0, 0.1) is 5.92 Å². The predicted octanol–water partition coefficient (Wildman–Crippen LogP) is 0.796. The Labute approximate surface area is 90.2 Å². The highest BCUT2D eigenvalue weighted by Gasteiger charge is 2.19. The molecule has 1 N–H and O–H groups in total. The van der Waals surface area contributed by atoms with Gasteiger partial charge in [-0.1, -0.05) is 13.8 Å². The minimum absolute atomic E-state index is 0.458. The summed E-state index contributed by atoms with van der Waals surface area (Å²) in [5.74, 6) is 1.93. The Hall–Kier alpha value is -0.970. The van der Waals surface area contributed by atoms with Gasteiger partial charge in [0.05, 0.1) is 6.54 Å². The van der Waals surface area contributed by atoms with Crippen LogP contribution in [0.15, 0.2) is 0 Å². The van der Waals surface area contributed by atoms with Crippen LogP contribution in [0.2, 0.25) is 0 Å². The number of tetrazole rings is 1. The van der Waals surface area contributed by atoms with Crippen LogP contribution in [0.4, 0.5) is 0 Å². The summed E-state index contributed by atoms with van der Waals surface area (Å²) in [7, 11) is 0. The van der Waals surface area contributed by atoms with Crippen molar-refractivity contribution < 1.29 is 0 Å². The van der Waals surface area contributed by atoms with E-state index >= 15 is 0 Å². The van der Waals surface area contributed by atoms with Crippen molar-refractivity contribution in [3.63, 3.8) is 0 Å². The third-order valence-electron chi connectivity index (χ3n) is 2.66. The normalized spacial score (nSPS) is 22.2. The Bertz CT molecular complexity index is 301. The topological polar surface area (TPSA) is 55.6 Å². The van der Waals surface area contributed by atoms with Crippen molar-refractivity contribution >= 4 is 0 Å². The summed E-state index contributed by atoms with van der Waals surface area (Å²) in [6.07, 6.45) is 2.39. The summed E-state index contributed by atoms with van der Waals surface area (Å²) in [6, 6.07) is 0. The maximum absolute atomic E-state index is 4.43. The molecule has 0 radical (unpaired) electrons. The fourth-order valence-electron chi connectivity index (χ4n) is 1.90. The molecule has 1 unspecified atom stereocenters. The number of hydrogen-bond acceptors (Lipinski definition) is 4. The van der Waals surface area contributed by atoms with E-state index in [0.29, 0.717) is 11.8 Å². The van der Waals surface area contributed by atoms with Crippen molar-refractivity contribution in [2.24, 2.45) is 5.92 Å². The molecule has 0 saturated carbocycles. The van der Waals surface area contributed by atoms with Gasteiger partial charge in [0.2, 0.25) is 0 Å². The number of aromatic nitrogens is 4. The Morgan fingerprint density at radius 3 is 3.07 bits per heavy atom. The van der Waals surface area contributed by atoms with E-state index in [1.807, 2.05) is 0 Å². The summed E-state index contributed by atoms with van der Waals surface area (Å²) in [5.41, 5.74) is 0. The van der Waals surface area contributed by atoms with E-state index in [-0.39, 0.29) is 0 Å². The standard InChI is InChI=1S/C10H19N5/c1-8(2)7-15-13-10(12-14-15)9-4-3-5-11-6-9/h8-9,11H,3-7H2,1-2H3. The number of hydrogen-bond donors (Lipinski definition) is 1. The third kappa shape index (κ3) is 2.75. The first-order valence-corrected chi connectivity index (χ1v) is 5.74. The second kappa shape index (κ2) is 4.70. The number of rotatable bonds is 3. The van der Waals surface area contributed by atoms with E-state index in [1.54, 1.807) is 4.80 Å². The first kappa shape index (κ1) is 10.5. The van der Waals surface area contributed by atoms with E-state index in [0.717, 1.165) is 25.5 Å². The van der Waals surface area contributed by atoms with E-state index in [9.17, 15) is 0 Å². The fraction of sp³-hybridized carbons (Fsp3) is 0.900. The Morgan fingerprint density at radius 2 is 2.40 bits per heavy atom. The Balaban J connectivity index is 1.99. The van der Waals surface area contributed by atoms with Crippen LogP contribution < -0.4 is 5.32 Å². The van der Waals surface area contributed by atoms with E-state index in [4.69, 9.17) is 0 Å². The third-order valence-corrected chi connectivity index (χ3v) is 2.66. The van der Waals surface area contributed by atoms with Gasteiger partial charge in [-0.25, -0.2) is 0 Å². The quantitative estimate of drug-likeness (QED) is 0.800. The highest BCUT2D eigenvalue weighted by Crippen LogP contribution is 2.18. The largest absolute Gasteiger partial charge is 0.316 e.